The SMILES string of the molecule is COC(=O)c1cccc(CNC(=O)CN2CCc3ccccc3C2)c1. The monoisotopic (exact) mass is 338 g/mol. The highest BCUT2D eigenvalue weighted by Gasteiger charge is 2.17. The van der Waals surface area contributed by atoms with Gasteiger partial charge in [0, 0.05) is 19.6 Å². The number of ether oxygens (including phenoxy) is 1. The zero-order valence-corrected chi connectivity index (χ0v) is 14.3. The fourth-order valence-electron chi connectivity index (χ4n) is 3.07. The van der Waals surface area contributed by atoms with Gasteiger partial charge in [0.15, 0.2) is 0 Å². The number of rotatable bonds is 5. The molecule has 5 nitrogen and oxygen atoms in total. The third-order valence-corrected chi connectivity index (χ3v) is 4.41. The molecule has 2 aromatic carbocycles. The maximum Gasteiger partial charge on any atom is 0.337 e. The minimum atomic E-state index is -0.375. The highest BCUT2D eigenvalue weighted by atomic mass is 16.5. The van der Waals surface area contributed by atoms with Crippen molar-refractivity contribution in [3.8, 4) is 0 Å². The number of nitrogens with zero attached hydrogens (tertiary/aromatic N) is 1. The molecule has 0 bridgehead atoms. The average molecular weight is 338 g/mol. The van der Waals surface area contributed by atoms with E-state index in [1.807, 2.05) is 12.1 Å². The van der Waals surface area contributed by atoms with Crippen molar-refractivity contribution < 1.29 is 14.3 Å². The summed E-state index contributed by atoms with van der Waals surface area (Å²) in [6.07, 6.45) is 0.977. The third-order valence-electron chi connectivity index (χ3n) is 4.41. The van der Waals surface area contributed by atoms with Gasteiger partial charge >= 0.3 is 5.97 Å². The van der Waals surface area contributed by atoms with E-state index in [9.17, 15) is 9.59 Å². The molecule has 0 spiro atoms. The maximum atomic E-state index is 12.2. The van der Waals surface area contributed by atoms with Gasteiger partial charge in [0.1, 0.15) is 0 Å². The van der Waals surface area contributed by atoms with Crippen LogP contribution in [-0.4, -0.2) is 37.0 Å². The standard InChI is InChI=1S/C20H22N2O3/c1-25-20(24)17-8-4-5-15(11-17)12-21-19(23)14-22-10-9-16-6-2-3-7-18(16)13-22/h2-8,11H,9-10,12-14H2,1H3,(H,21,23). The van der Waals surface area contributed by atoms with Crippen LogP contribution in [0.2, 0.25) is 0 Å². The van der Waals surface area contributed by atoms with E-state index in [0.29, 0.717) is 18.7 Å². The van der Waals surface area contributed by atoms with Crippen molar-refractivity contribution in [2.24, 2.45) is 0 Å². The summed E-state index contributed by atoms with van der Waals surface area (Å²) in [7, 11) is 1.35. The number of fused-ring (bicyclic) bond motifs is 1. The predicted octanol–water partition coefficient (Wildman–Crippen LogP) is 2.15. The van der Waals surface area contributed by atoms with E-state index in [0.717, 1.165) is 25.1 Å². The number of amides is 1. The summed E-state index contributed by atoms with van der Waals surface area (Å²) >= 11 is 0. The van der Waals surface area contributed by atoms with Crippen LogP contribution in [0, 0.1) is 0 Å². The van der Waals surface area contributed by atoms with Gasteiger partial charge in [-0.3, -0.25) is 9.69 Å². The summed E-state index contributed by atoms with van der Waals surface area (Å²) in [6, 6.07) is 15.5. The molecule has 0 saturated carbocycles. The molecule has 0 radical (unpaired) electrons. The maximum absolute atomic E-state index is 12.2. The van der Waals surface area contributed by atoms with Gasteiger partial charge in [-0.1, -0.05) is 36.4 Å². The Labute approximate surface area is 147 Å². The first-order chi connectivity index (χ1) is 12.2. The molecule has 3 rings (SSSR count). The smallest absolute Gasteiger partial charge is 0.337 e. The number of carbonyl (C=O) groups is 2. The number of nitrogens with one attached hydrogen (secondary N) is 1. The van der Waals surface area contributed by atoms with Gasteiger partial charge in [-0.25, -0.2) is 4.79 Å². The fourth-order valence-corrected chi connectivity index (χ4v) is 3.07. The molecule has 1 heterocycles. The van der Waals surface area contributed by atoms with Gasteiger partial charge in [-0.2, -0.15) is 0 Å². The number of hydrogen-bond acceptors (Lipinski definition) is 4. The largest absolute Gasteiger partial charge is 0.465 e. The zero-order valence-electron chi connectivity index (χ0n) is 14.3. The van der Waals surface area contributed by atoms with E-state index >= 15 is 0 Å². The molecule has 1 amide bonds. The second kappa shape index (κ2) is 7.94. The Morgan fingerprint density at radius 3 is 2.72 bits per heavy atom. The second-order valence-corrected chi connectivity index (χ2v) is 6.20. The molecule has 0 aromatic heterocycles. The lowest BCUT2D eigenvalue weighted by molar-refractivity contribution is -0.122. The lowest BCUT2D eigenvalue weighted by Crippen LogP contribution is -2.39. The Morgan fingerprint density at radius 2 is 1.92 bits per heavy atom. The molecule has 25 heavy (non-hydrogen) atoms. The number of esters is 1. The minimum absolute atomic E-state index is 0.0112. The van der Waals surface area contributed by atoms with Crippen LogP contribution in [0.5, 0.6) is 0 Å². The number of carbonyl (C=O) groups excluding carboxylic acids is 2. The molecular weight excluding hydrogens is 316 g/mol. The molecule has 1 N–H and O–H groups in total. The van der Waals surface area contributed by atoms with E-state index < -0.39 is 0 Å². The summed E-state index contributed by atoms with van der Waals surface area (Å²) in [6.45, 7) is 2.47. The van der Waals surface area contributed by atoms with Crippen LogP contribution in [0.25, 0.3) is 0 Å². The van der Waals surface area contributed by atoms with Crippen molar-refractivity contribution in [3.05, 3.63) is 70.8 Å². The summed E-state index contributed by atoms with van der Waals surface area (Å²) in [5.41, 5.74) is 4.04. The summed E-state index contributed by atoms with van der Waals surface area (Å²) in [5.74, 6) is -0.386. The number of methoxy groups -OCH3 is 1. The molecule has 0 atom stereocenters. The molecular formula is C20H22N2O3. The van der Waals surface area contributed by atoms with Crippen molar-refractivity contribution >= 4 is 11.9 Å². The molecule has 0 aliphatic carbocycles. The van der Waals surface area contributed by atoms with Crippen molar-refractivity contribution in [2.45, 2.75) is 19.5 Å². The second-order valence-electron chi connectivity index (χ2n) is 6.20. The van der Waals surface area contributed by atoms with Gasteiger partial charge < -0.3 is 10.1 Å². The van der Waals surface area contributed by atoms with Crippen molar-refractivity contribution in [3.63, 3.8) is 0 Å². The predicted molar refractivity (Wildman–Crippen MR) is 95.1 cm³/mol. The van der Waals surface area contributed by atoms with Gasteiger partial charge in [-0.15, -0.1) is 0 Å². The van der Waals surface area contributed by atoms with Crippen LogP contribution in [0.15, 0.2) is 48.5 Å². The summed E-state index contributed by atoms with van der Waals surface area (Å²) in [5, 5.41) is 2.92. The quantitative estimate of drug-likeness (QED) is 0.849. The van der Waals surface area contributed by atoms with Crippen molar-refractivity contribution in [2.75, 3.05) is 20.2 Å². The van der Waals surface area contributed by atoms with Crippen molar-refractivity contribution in [1.29, 1.82) is 0 Å². The Bertz CT molecular complexity index is 773. The molecule has 1 aliphatic heterocycles. The number of benzene rings is 2. The van der Waals surface area contributed by atoms with Gasteiger partial charge in [0.2, 0.25) is 5.91 Å². The first kappa shape index (κ1) is 17.2. The lowest BCUT2D eigenvalue weighted by atomic mass is 10.00. The molecule has 0 fully saturated rings. The molecule has 1 aliphatic rings. The van der Waals surface area contributed by atoms with Crippen LogP contribution in [0.1, 0.15) is 27.0 Å². The fraction of sp³-hybridized carbons (Fsp3) is 0.300. The van der Waals surface area contributed by atoms with E-state index in [2.05, 4.69) is 28.4 Å². The van der Waals surface area contributed by atoms with Gasteiger partial charge in [0.05, 0.1) is 19.2 Å². The van der Waals surface area contributed by atoms with Crippen LogP contribution in [-0.2, 0) is 29.0 Å². The summed E-state index contributed by atoms with van der Waals surface area (Å²) < 4.78 is 4.71. The Kier molecular flexibility index (Phi) is 5.46. The lowest BCUT2D eigenvalue weighted by Gasteiger charge is -2.28. The summed E-state index contributed by atoms with van der Waals surface area (Å²) in [4.78, 5) is 25.9. The molecule has 130 valence electrons. The first-order valence-corrected chi connectivity index (χ1v) is 8.39. The Hall–Kier alpha value is -2.66. The van der Waals surface area contributed by atoms with Crippen LogP contribution in [0.3, 0.4) is 0 Å². The topological polar surface area (TPSA) is 58.6 Å². The molecule has 5 heteroatoms. The first-order valence-electron chi connectivity index (χ1n) is 8.39. The minimum Gasteiger partial charge on any atom is -0.465 e. The van der Waals surface area contributed by atoms with Crippen LogP contribution >= 0.6 is 0 Å². The molecule has 2 aromatic rings. The van der Waals surface area contributed by atoms with Gasteiger partial charge in [0.25, 0.3) is 0 Å². The van der Waals surface area contributed by atoms with Gasteiger partial charge in [-0.05, 0) is 35.2 Å². The zero-order chi connectivity index (χ0) is 17.6. The Balaban J connectivity index is 1.51. The van der Waals surface area contributed by atoms with E-state index in [-0.39, 0.29) is 11.9 Å². The number of hydrogen-bond donors (Lipinski definition) is 1. The van der Waals surface area contributed by atoms with E-state index in [1.54, 1.807) is 18.2 Å². The third kappa shape index (κ3) is 4.45. The molecule has 0 saturated heterocycles. The highest BCUT2D eigenvalue weighted by molar-refractivity contribution is 5.89. The highest BCUT2D eigenvalue weighted by Crippen LogP contribution is 2.17. The van der Waals surface area contributed by atoms with Crippen LogP contribution in [0.4, 0.5) is 0 Å². The van der Waals surface area contributed by atoms with E-state index in [1.165, 1.54) is 18.2 Å². The van der Waals surface area contributed by atoms with Crippen molar-refractivity contribution in [1.82, 2.24) is 10.2 Å². The molecule has 0 unspecified atom stereocenters. The Morgan fingerprint density at radius 1 is 1.12 bits per heavy atom. The van der Waals surface area contributed by atoms with E-state index in [4.69, 9.17) is 4.74 Å². The average Bonchev–Trinajstić information content (AvgIpc) is 2.66. The van der Waals surface area contributed by atoms with Crippen LogP contribution < -0.4 is 5.32 Å². The normalized spacial score (nSPS) is 13.8.